The van der Waals surface area contributed by atoms with Crippen LogP contribution in [0.3, 0.4) is 0 Å². The van der Waals surface area contributed by atoms with Gasteiger partial charge in [-0.25, -0.2) is 0 Å². The van der Waals surface area contributed by atoms with Crippen molar-refractivity contribution in [1.82, 2.24) is 15.2 Å². The van der Waals surface area contributed by atoms with Crippen LogP contribution in [0, 0.1) is 11.8 Å². The van der Waals surface area contributed by atoms with Crippen LogP contribution in [-0.4, -0.2) is 35.4 Å². The first-order chi connectivity index (χ1) is 9.27. The number of aromatic nitrogens is 1. The van der Waals surface area contributed by atoms with E-state index in [9.17, 15) is 4.79 Å². The SMILES string of the molecule is CC1CNCC1C(=O)N1CCCC1c1ccncc1. The largest absolute Gasteiger partial charge is 0.335 e. The van der Waals surface area contributed by atoms with Crippen LogP contribution in [-0.2, 0) is 4.79 Å². The van der Waals surface area contributed by atoms with E-state index in [0.29, 0.717) is 11.8 Å². The van der Waals surface area contributed by atoms with Crippen molar-refractivity contribution in [2.24, 2.45) is 11.8 Å². The second-order valence-corrected chi connectivity index (χ2v) is 5.71. The fraction of sp³-hybridized carbons (Fsp3) is 0.600. The molecule has 4 nitrogen and oxygen atoms in total. The highest BCUT2D eigenvalue weighted by Crippen LogP contribution is 2.34. The molecule has 102 valence electrons. The molecule has 0 aromatic carbocycles. The molecule has 1 aromatic rings. The van der Waals surface area contributed by atoms with Crippen molar-refractivity contribution in [2.75, 3.05) is 19.6 Å². The summed E-state index contributed by atoms with van der Waals surface area (Å²) in [6.45, 7) is 4.86. The van der Waals surface area contributed by atoms with Crippen molar-refractivity contribution in [3.63, 3.8) is 0 Å². The molecule has 2 saturated heterocycles. The Labute approximate surface area is 114 Å². The zero-order chi connectivity index (χ0) is 13.2. The summed E-state index contributed by atoms with van der Waals surface area (Å²) >= 11 is 0. The summed E-state index contributed by atoms with van der Waals surface area (Å²) in [4.78, 5) is 18.9. The van der Waals surface area contributed by atoms with Crippen LogP contribution in [0.15, 0.2) is 24.5 Å². The van der Waals surface area contributed by atoms with E-state index in [2.05, 4.69) is 22.1 Å². The Hall–Kier alpha value is -1.42. The molecule has 3 rings (SSSR count). The summed E-state index contributed by atoms with van der Waals surface area (Å²) in [5.41, 5.74) is 1.22. The normalized spacial score (nSPS) is 30.8. The molecule has 4 heteroatoms. The number of rotatable bonds is 2. The van der Waals surface area contributed by atoms with Gasteiger partial charge in [-0.1, -0.05) is 6.92 Å². The predicted molar refractivity (Wildman–Crippen MR) is 73.4 cm³/mol. The summed E-state index contributed by atoms with van der Waals surface area (Å²) in [5.74, 6) is 0.936. The van der Waals surface area contributed by atoms with Crippen LogP contribution in [0.5, 0.6) is 0 Å². The Balaban J connectivity index is 1.78. The van der Waals surface area contributed by atoms with Crippen LogP contribution >= 0.6 is 0 Å². The van der Waals surface area contributed by atoms with E-state index < -0.39 is 0 Å². The Kier molecular flexibility index (Phi) is 3.51. The summed E-state index contributed by atoms with van der Waals surface area (Å²) in [6.07, 6.45) is 5.81. The van der Waals surface area contributed by atoms with Crippen molar-refractivity contribution < 1.29 is 4.79 Å². The molecule has 1 amide bonds. The van der Waals surface area contributed by atoms with Crippen molar-refractivity contribution in [1.29, 1.82) is 0 Å². The number of nitrogens with one attached hydrogen (secondary N) is 1. The summed E-state index contributed by atoms with van der Waals surface area (Å²) in [7, 11) is 0. The smallest absolute Gasteiger partial charge is 0.227 e. The van der Waals surface area contributed by atoms with Crippen LogP contribution in [0.25, 0.3) is 0 Å². The monoisotopic (exact) mass is 259 g/mol. The zero-order valence-electron chi connectivity index (χ0n) is 11.4. The van der Waals surface area contributed by atoms with Crippen LogP contribution in [0.1, 0.15) is 31.4 Å². The second kappa shape index (κ2) is 5.29. The van der Waals surface area contributed by atoms with Gasteiger partial charge in [0.2, 0.25) is 5.91 Å². The number of hydrogen-bond donors (Lipinski definition) is 1. The van der Waals surface area contributed by atoms with Crippen molar-refractivity contribution in [3.8, 4) is 0 Å². The van der Waals surface area contributed by atoms with Crippen molar-refractivity contribution in [3.05, 3.63) is 30.1 Å². The topological polar surface area (TPSA) is 45.2 Å². The van der Waals surface area contributed by atoms with E-state index in [1.165, 1.54) is 5.56 Å². The lowest BCUT2D eigenvalue weighted by Crippen LogP contribution is -2.38. The Morgan fingerprint density at radius 3 is 2.84 bits per heavy atom. The summed E-state index contributed by atoms with van der Waals surface area (Å²) in [5, 5.41) is 3.32. The fourth-order valence-corrected chi connectivity index (χ4v) is 3.32. The molecule has 2 aliphatic rings. The molecule has 0 radical (unpaired) electrons. The Morgan fingerprint density at radius 2 is 2.16 bits per heavy atom. The third-order valence-corrected chi connectivity index (χ3v) is 4.46. The molecule has 19 heavy (non-hydrogen) atoms. The Bertz CT molecular complexity index is 448. The molecule has 0 saturated carbocycles. The fourth-order valence-electron chi connectivity index (χ4n) is 3.32. The number of carbonyl (C=O) groups is 1. The van der Waals surface area contributed by atoms with E-state index in [-0.39, 0.29) is 12.0 Å². The zero-order valence-corrected chi connectivity index (χ0v) is 11.4. The van der Waals surface area contributed by atoms with E-state index in [1.54, 1.807) is 0 Å². The standard InChI is InChI=1S/C15H21N3O/c1-11-9-17-10-13(11)15(19)18-8-2-3-14(18)12-4-6-16-7-5-12/h4-7,11,13-14,17H,2-3,8-10H2,1H3. The van der Waals surface area contributed by atoms with Gasteiger partial charge < -0.3 is 10.2 Å². The maximum absolute atomic E-state index is 12.7. The first-order valence-corrected chi connectivity index (χ1v) is 7.18. The molecular formula is C15H21N3O. The predicted octanol–water partition coefficient (Wildman–Crippen LogP) is 1.60. The van der Waals surface area contributed by atoms with Gasteiger partial charge in [-0.2, -0.15) is 0 Å². The molecule has 2 aliphatic heterocycles. The number of carbonyl (C=O) groups excluding carboxylic acids is 1. The molecule has 3 atom stereocenters. The number of pyridine rings is 1. The van der Waals surface area contributed by atoms with Gasteiger partial charge >= 0.3 is 0 Å². The second-order valence-electron chi connectivity index (χ2n) is 5.71. The minimum atomic E-state index is 0.155. The van der Waals surface area contributed by atoms with Crippen molar-refractivity contribution in [2.45, 2.75) is 25.8 Å². The number of likely N-dealkylation sites (tertiary alicyclic amines) is 1. The molecular weight excluding hydrogens is 238 g/mol. The number of nitrogens with zero attached hydrogens (tertiary/aromatic N) is 2. The third kappa shape index (κ3) is 2.37. The van der Waals surface area contributed by atoms with Gasteiger partial charge in [0.1, 0.15) is 0 Å². The van der Waals surface area contributed by atoms with Gasteiger partial charge in [-0.05, 0) is 43.0 Å². The molecule has 3 heterocycles. The van der Waals surface area contributed by atoms with E-state index >= 15 is 0 Å². The molecule has 1 aromatic heterocycles. The molecule has 0 aliphatic carbocycles. The van der Waals surface area contributed by atoms with Gasteiger partial charge in [0.15, 0.2) is 0 Å². The first kappa shape index (κ1) is 12.6. The molecule has 3 unspecified atom stereocenters. The minimum Gasteiger partial charge on any atom is -0.335 e. The Morgan fingerprint density at radius 1 is 1.37 bits per heavy atom. The van der Waals surface area contributed by atoms with Crippen LogP contribution < -0.4 is 5.32 Å². The van der Waals surface area contributed by atoms with E-state index in [1.807, 2.05) is 24.5 Å². The van der Waals surface area contributed by atoms with Crippen molar-refractivity contribution >= 4 is 5.91 Å². The molecule has 0 spiro atoms. The van der Waals surface area contributed by atoms with Gasteiger partial charge in [-0.3, -0.25) is 9.78 Å². The quantitative estimate of drug-likeness (QED) is 0.877. The molecule has 1 N–H and O–H groups in total. The third-order valence-electron chi connectivity index (χ3n) is 4.46. The van der Waals surface area contributed by atoms with Gasteiger partial charge in [-0.15, -0.1) is 0 Å². The maximum atomic E-state index is 12.7. The highest BCUT2D eigenvalue weighted by atomic mass is 16.2. The maximum Gasteiger partial charge on any atom is 0.227 e. The van der Waals surface area contributed by atoms with Crippen LogP contribution in [0.2, 0.25) is 0 Å². The highest BCUT2D eigenvalue weighted by Gasteiger charge is 2.37. The first-order valence-electron chi connectivity index (χ1n) is 7.18. The van der Waals surface area contributed by atoms with E-state index in [4.69, 9.17) is 0 Å². The summed E-state index contributed by atoms with van der Waals surface area (Å²) < 4.78 is 0. The number of amides is 1. The molecule has 2 fully saturated rings. The lowest BCUT2D eigenvalue weighted by Gasteiger charge is -2.28. The lowest BCUT2D eigenvalue weighted by atomic mass is 9.95. The number of hydrogen-bond acceptors (Lipinski definition) is 3. The van der Waals surface area contributed by atoms with Crippen LogP contribution in [0.4, 0.5) is 0 Å². The average molecular weight is 259 g/mol. The highest BCUT2D eigenvalue weighted by molar-refractivity contribution is 5.80. The van der Waals surface area contributed by atoms with Gasteiger partial charge in [0.05, 0.1) is 12.0 Å². The van der Waals surface area contributed by atoms with E-state index in [0.717, 1.165) is 32.5 Å². The summed E-state index contributed by atoms with van der Waals surface area (Å²) in [6, 6.07) is 4.32. The average Bonchev–Trinajstić information content (AvgIpc) is 3.07. The lowest BCUT2D eigenvalue weighted by molar-refractivity contribution is -0.137. The van der Waals surface area contributed by atoms with Gasteiger partial charge in [0, 0.05) is 25.5 Å². The van der Waals surface area contributed by atoms with Gasteiger partial charge in [0.25, 0.3) is 0 Å². The minimum absolute atomic E-state index is 0.155. The molecule has 0 bridgehead atoms.